The molecule has 3 atom stereocenters. The van der Waals surface area contributed by atoms with E-state index in [2.05, 4.69) is 10.6 Å². The fraction of sp³-hybridized carbons (Fsp3) is 0.429. The van der Waals surface area contributed by atoms with Gasteiger partial charge in [-0.05, 0) is 36.8 Å². The quantitative estimate of drug-likeness (QED) is 0.626. The molecule has 1 fully saturated rings. The molecule has 1 aromatic rings. The number of ether oxygens (including phenoxy) is 3. The Morgan fingerprint density at radius 1 is 1.33 bits per heavy atom. The van der Waals surface area contributed by atoms with E-state index in [-0.39, 0.29) is 30.8 Å². The van der Waals surface area contributed by atoms with E-state index in [1.807, 2.05) is 25.1 Å². The number of carbonyl (C=O) groups is 1. The van der Waals surface area contributed by atoms with Gasteiger partial charge in [-0.1, -0.05) is 6.07 Å². The molecule has 6 nitrogen and oxygen atoms in total. The SMILES string of the molecule is COC(=O)C1C(C)NC(=S)NC1c1ccc2c(c1)OCO2. The predicted molar refractivity (Wildman–Crippen MR) is 79.1 cm³/mol. The maximum absolute atomic E-state index is 12.1. The van der Waals surface area contributed by atoms with Crippen LogP contribution < -0.4 is 20.1 Å². The number of fused-ring (bicyclic) bond motifs is 1. The molecule has 0 aromatic heterocycles. The van der Waals surface area contributed by atoms with E-state index in [4.69, 9.17) is 26.4 Å². The second kappa shape index (κ2) is 5.40. The van der Waals surface area contributed by atoms with Crippen LogP contribution in [0, 0.1) is 5.92 Å². The first-order chi connectivity index (χ1) is 10.1. The van der Waals surface area contributed by atoms with E-state index < -0.39 is 0 Å². The summed E-state index contributed by atoms with van der Waals surface area (Å²) in [5.74, 6) is 0.711. The van der Waals surface area contributed by atoms with Gasteiger partial charge in [0.1, 0.15) is 5.92 Å². The van der Waals surface area contributed by atoms with Gasteiger partial charge in [0.05, 0.1) is 13.2 Å². The normalized spacial score (nSPS) is 26.8. The van der Waals surface area contributed by atoms with Crippen molar-refractivity contribution >= 4 is 23.3 Å². The largest absolute Gasteiger partial charge is 0.469 e. The number of methoxy groups -OCH3 is 1. The number of carbonyl (C=O) groups excluding carboxylic acids is 1. The molecular weight excluding hydrogens is 292 g/mol. The van der Waals surface area contributed by atoms with Crippen molar-refractivity contribution in [2.24, 2.45) is 5.92 Å². The van der Waals surface area contributed by atoms with E-state index in [0.717, 1.165) is 5.56 Å². The molecule has 0 amide bonds. The average molecular weight is 308 g/mol. The van der Waals surface area contributed by atoms with Gasteiger partial charge in [0, 0.05) is 6.04 Å². The zero-order valence-corrected chi connectivity index (χ0v) is 12.5. The van der Waals surface area contributed by atoms with E-state index in [1.165, 1.54) is 7.11 Å². The Kier molecular flexibility index (Phi) is 3.59. The van der Waals surface area contributed by atoms with Crippen molar-refractivity contribution in [3.8, 4) is 11.5 Å². The van der Waals surface area contributed by atoms with Crippen molar-refractivity contribution in [2.45, 2.75) is 19.0 Å². The molecule has 0 spiro atoms. The van der Waals surface area contributed by atoms with Crippen LogP contribution >= 0.6 is 12.2 Å². The topological polar surface area (TPSA) is 68.8 Å². The summed E-state index contributed by atoms with van der Waals surface area (Å²) in [5, 5.41) is 6.72. The van der Waals surface area contributed by atoms with Crippen molar-refractivity contribution in [2.75, 3.05) is 13.9 Å². The molecule has 2 heterocycles. The van der Waals surface area contributed by atoms with Crippen molar-refractivity contribution < 1.29 is 19.0 Å². The zero-order valence-electron chi connectivity index (χ0n) is 11.7. The van der Waals surface area contributed by atoms with Crippen LogP contribution in [0.2, 0.25) is 0 Å². The number of hydrogen-bond acceptors (Lipinski definition) is 5. The lowest BCUT2D eigenvalue weighted by atomic mass is 9.86. The summed E-state index contributed by atoms with van der Waals surface area (Å²) in [4.78, 5) is 12.1. The molecule has 1 saturated heterocycles. The summed E-state index contributed by atoms with van der Waals surface area (Å²) in [6.45, 7) is 2.13. The number of rotatable bonds is 2. The van der Waals surface area contributed by atoms with Crippen molar-refractivity contribution in [3.63, 3.8) is 0 Å². The predicted octanol–water partition coefficient (Wildman–Crippen LogP) is 1.11. The van der Waals surface area contributed by atoms with Gasteiger partial charge < -0.3 is 24.8 Å². The molecule has 112 valence electrons. The van der Waals surface area contributed by atoms with Crippen molar-refractivity contribution in [1.29, 1.82) is 0 Å². The summed E-state index contributed by atoms with van der Waals surface area (Å²) >= 11 is 5.20. The molecule has 3 rings (SSSR count). The Morgan fingerprint density at radius 2 is 2.10 bits per heavy atom. The summed E-state index contributed by atoms with van der Waals surface area (Å²) in [6, 6.07) is 5.22. The minimum absolute atomic E-state index is 0.123. The van der Waals surface area contributed by atoms with E-state index >= 15 is 0 Å². The van der Waals surface area contributed by atoms with Crippen LogP contribution in [-0.4, -0.2) is 31.0 Å². The molecule has 0 saturated carbocycles. The van der Waals surface area contributed by atoms with Crippen LogP contribution in [-0.2, 0) is 9.53 Å². The van der Waals surface area contributed by atoms with Crippen LogP contribution in [0.15, 0.2) is 18.2 Å². The van der Waals surface area contributed by atoms with E-state index in [0.29, 0.717) is 16.6 Å². The third-order valence-corrected chi connectivity index (χ3v) is 4.01. The standard InChI is InChI=1S/C14H16N2O4S/c1-7-11(13(17)18-2)12(16-14(21)15-7)8-3-4-9-10(5-8)20-6-19-9/h3-5,7,11-12H,6H2,1-2H3,(H2,15,16,21). The molecular formula is C14H16N2O4S. The van der Waals surface area contributed by atoms with Crippen LogP contribution in [0.25, 0.3) is 0 Å². The lowest BCUT2D eigenvalue weighted by Crippen LogP contribution is -2.57. The number of benzene rings is 1. The molecule has 21 heavy (non-hydrogen) atoms. The van der Waals surface area contributed by atoms with Gasteiger partial charge in [-0.2, -0.15) is 0 Å². The Bertz CT molecular complexity index is 592. The van der Waals surface area contributed by atoms with Gasteiger partial charge in [0.25, 0.3) is 0 Å². The Labute approximate surface area is 127 Å². The number of hydrogen-bond donors (Lipinski definition) is 2. The first-order valence-corrected chi connectivity index (χ1v) is 7.05. The zero-order chi connectivity index (χ0) is 15.0. The maximum Gasteiger partial charge on any atom is 0.313 e. The summed E-state index contributed by atoms with van der Waals surface area (Å²) in [5.41, 5.74) is 0.908. The highest BCUT2D eigenvalue weighted by molar-refractivity contribution is 7.80. The molecule has 3 unspecified atom stereocenters. The molecule has 2 aliphatic rings. The Morgan fingerprint density at radius 3 is 2.86 bits per heavy atom. The van der Waals surface area contributed by atoms with Gasteiger partial charge in [0.2, 0.25) is 6.79 Å². The minimum atomic E-state index is -0.387. The second-order valence-electron chi connectivity index (χ2n) is 5.05. The number of nitrogens with one attached hydrogen (secondary N) is 2. The Balaban J connectivity index is 1.96. The highest BCUT2D eigenvalue weighted by atomic mass is 32.1. The van der Waals surface area contributed by atoms with Gasteiger partial charge in [-0.15, -0.1) is 0 Å². The number of esters is 1. The molecule has 0 bridgehead atoms. The summed E-state index contributed by atoms with van der Waals surface area (Å²) in [7, 11) is 1.39. The van der Waals surface area contributed by atoms with Crippen LogP contribution in [0.4, 0.5) is 0 Å². The average Bonchev–Trinajstić information content (AvgIpc) is 2.93. The first-order valence-electron chi connectivity index (χ1n) is 6.64. The third kappa shape index (κ3) is 2.49. The monoisotopic (exact) mass is 308 g/mol. The second-order valence-corrected chi connectivity index (χ2v) is 5.45. The fourth-order valence-electron chi connectivity index (χ4n) is 2.73. The van der Waals surface area contributed by atoms with Gasteiger partial charge in [-0.25, -0.2) is 0 Å². The van der Waals surface area contributed by atoms with Crippen LogP contribution in [0.1, 0.15) is 18.5 Å². The first kappa shape index (κ1) is 13.9. The molecule has 2 aliphatic heterocycles. The molecule has 0 aliphatic carbocycles. The minimum Gasteiger partial charge on any atom is -0.469 e. The smallest absolute Gasteiger partial charge is 0.313 e. The van der Waals surface area contributed by atoms with Gasteiger partial charge in [-0.3, -0.25) is 4.79 Å². The lowest BCUT2D eigenvalue weighted by Gasteiger charge is -2.37. The summed E-state index contributed by atoms with van der Waals surface area (Å²) in [6.07, 6.45) is 0. The van der Waals surface area contributed by atoms with Gasteiger partial charge >= 0.3 is 5.97 Å². The highest BCUT2D eigenvalue weighted by Crippen LogP contribution is 2.37. The van der Waals surface area contributed by atoms with Crippen LogP contribution in [0.5, 0.6) is 11.5 Å². The molecule has 7 heteroatoms. The van der Waals surface area contributed by atoms with Crippen molar-refractivity contribution in [1.82, 2.24) is 10.6 Å². The molecule has 2 N–H and O–H groups in total. The third-order valence-electron chi connectivity index (χ3n) is 3.77. The maximum atomic E-state index is 12.1. The fourth-order valence-corrected chi connectivity index (χ4v) is 3.04. The summed E-state index contributed by atoms with van der Waals surface area (Å²) < 4.78 is 15.6. The number of thiocarbonyl (C=S) groups is 1. The highest BCUT2D eigenvalue weighted by Gasteiger charge is 2.39. The van der Waals surface area contributed by atoms with Crippen LogP contribution in [0.3, 0.4) is 0 Å². The lowest BCUT2D eigenvalue weighted by molar-refractivity contribution is -0.147. The Hall–Kier alpha value is -2.02. The molecule has 1 aromatic carbocycles. The van der Waals surface area contributed by atoms with E-state index in [9.17, 15) is 4.79 Å². The van der Waals surface area contributed by atoms with E-state index in [1.54, 1.807) is 0 Å². The van der Waals surface area contributed by atoms with Gasteiger partial charge in [0.15, 0.2) is 16.6 Å². The molecule has 0 radical (unpaired) electrons. The van der Waals surface area contributed by atoms with Crippen molar-refractivity contribution in [3.05, 3.63) is 23.8 Å².